The number of hydrogen-bond donors (Lipinski definition) is 1. The van der Waals surface area contributed by atoms with Crippen LogP contribution in [0.25, 0.3) is 0 Å². The van der Waals surface area contributed by atoms with Crippen LogP contribution in [-0.2, 0) is 12.8 Å². The molecule has 1 aliphatic heterocycles. The molecule has 1 N–H and O–H groups in total. The van der Waals surface area contributed by atoms with Gasteiger partial charge in [0.15, 0.2) is 0 Å². The summed E-state index contributed by atoms with van der Waals surface area (Å²) in [5, 5.41) is 7.68. The molecule has 0 spiro atoms. The van der Waals surface area contributed by atoms with Gasteiger partial charge in [-0.3, -0.25) is 0 Å². The van der Waals surface area contributed by atoms with E-state index in [2.05, 4.69) is 49.9 Å². The normalized spacial score (nSPS) is 14.8. The van der Waals surface area contributed by atoms with Gasteiger partial charge in [0, 0.05) is 16.9 Å². The molecule has 0 amide bonds. The quantitative estimate of drug-likeness (QED) is 0.878. The molecule has 0 fully saturated rings. The number of benzene rings is 1. The Morgan fingerprint density at radius 2 is 2.33 bits per heavy atom. The third-order valence-corrected chi connectivity index (χ3v) is 5.10. The van der Waals surface area contributed by atoms with Gasteiger partial charge in [-0.2, -0.15) is 0 Å². The van der Waals surface area contributed by atoms with Crippen LogP contribution < -0.4 is 10.1 Å². The van der Waals surface area contributed by atoms with Crippen molar-refractivity contribution < 1.29 is 4.74 Å². The molecule has 1 aliphatic rings. The summed E-state index contributed by atoms with van der Waals surface area (Å²) in [7, 11) is 0. The fourth-order valence-electron chi connectivity index (χ4n) is 2.78. The fraction of sp³-hybridized carbons (Fsp3) is 0.467. The van der Waals surface area contributed by atoms with Crippen molar-refractivity contribution in [1.29, 1.82) is 0 Å². The molecule has 3 rings (SSSR count). The van der Waals surface area contributed by atoms with Gasteiger partial charge in [-0.05, 0) is 54.7 Å². The van der Waals surface area contributed by atoms with Crippen LogP contribution >= 0.6 is 27.5 Å². The average Bonchev–Trinajstić information content (AvgIpc) is 3.06. The van der Waals surface area contributed by atoms with E-state index in [0.717, 1.165) is 41.9 Å². The molecule has 0 saturated carbocycles. The molecule has 0 aliphatic carbocycles. The number of halogens is 1. The number of aromatic nitrogens is 2. The van der Waals surface area contributed by atoms with Crippen molar-refractivity contribution >= 4 is 27.5 Å². The lowest BCUT2D eigenvalue weighted by Crippen LogP contribution is -2.23. The number of hydrogen-bond acceptors (Lipinski definition) is 5. The van der Waals surface area contributed by atoms with E-state index < -0.39 is 0 Å². The molecular formula is C15H18BrN3OS. The molecule has 1 atom stereocenters. The first kappa shape index (κ1) is 14.9. The molecule has 4 nitrogen and oxygen atoms in total. The highest BCUT2D eigenvalue weighted by Crippen LogP contribution is 2.36. The van der Waals surface area contributed by atoms with E-state index in [-0.39, 0.29) is 6.04 Å². The van der Waals surface area contributed by atoms with Gasteiger partial charge in [0.1, 0.15) is 5.75 Å². The van der Waals surface area contributed by atoms with Crippen LogP contribution in [0.15, 0.2) is 16.6 Å². The van der Waals surface area contributed by atoms with Crippen LogP contribution in [0.4, 0.5) is 0 Å². The van der Waals surface area contributed by atoms with E-state index in [1.54, 1.807) is 0 Å². The van der Waals surface area contributed by atoms with Gasteiger partial charge in [0.2, 0.25) is 0 Å². The minimum absolute atomic E-state index is 0.234. The highest BCUT2D eigenvalue weighted by Gasteiger charge is 2.22. The second-order valence-corrected chi connectivity index (χ2v) is 6.89. The lowest BCUT2D eigenvalue weighted by atomic mass is 10.00. The maximum absolute atomic E-state index is 5.83. The molecule has 112 valence electrons. The molecule has 2 aromatic rings. The van der Waals surface area contributed by atoms with Gasteiger partial charge in [-0.25, -0.2) is 0 Å². The predicted molar refractivity (Wildman–Crippen MR) is 88.1 cm³/mol. The number of aryl methyl sites for hydroxylation is 1. The number of nitrogens with one attached hydrogen (secondary N) is 1. The van der Waals surface area contributed by atoms with Crippen molar-refractivity contribution in [3.63, 3.8) is 0 Å². The van der Waals surface area contributed by atoms with Gasteiger partial charge < -0.3 is 10.1 Å². The van der Waals surface area contributed by atoms with E-state index >= 15 is 0 Å². The van der Waals surface area contributed by atoms with E-state index in [1.807, 2.05) is 6.92 Å². The summed E-state index contributed by atoms with van der Waals surface area (Å²) >= 11 is 5.09. The first-order chi connectivity index (χ1) is 10.2. The fourth-order valence-corrected chi connectivity index (χ4v) is 4.05. The Labute approximate surface area is 137 Å². The van der Waals surface area contributed by atoms with Gasteiger partial charge >= 0.3 is 0 Å². The van der Waals surface area contributed by atoms with Gasteiger partial charge in [0.25, 0.3) is 0 Å². The summed E-state index contributed by atoms with van der Waals surface area (Å²) in [4.78, 5) is 1.21. The number of rotatable bonds is 5. The summed E-state index contributed by atoms with van der Waals surface area (Å²) in [5.41, 5.74) is 3.56. The smallest absolute Gasteiger partial charge is 0.125 e. The van der Waals surface area contributed by atoms with E-state index in [1.165, 1.54) is 27.5 Å². The molecule has 0 bridgehead atoms. The third-order valence-electron chi connectivity index (χ3n) is 3.70. The Hall–Kier alpha value is -0.980. The van der Waals surface area contributed by atoms with Crippen molar-refractivity contribution in [2.45, 2.75) is 32.7 Å². The summed E-state index contributed by atoms with van der Waals surface area (Å²) in [5.74, 6) is 1.07. The maximum Gasteiger partial charge on any atom is 0.125 e. The molecule has 1 unspecified atom stereocenters. The number of ether oxygens (including phenoxy) is 1. The van der Waals surface area contributed by atoms with Gasteiger partial charge in [0.05, 0.1) is 17.2 Å². The molecule has 1 aromatic heterocycles. The first-order valence-corrected chi connectivity index (χ1v) is 8.72. The van der Waals surface area contributed by atoms with Crippen LogP contribution in [-0.4, -0.2) is 22.7 Å². The summed E-state index contributed by atoms with van der Waals surface area (Å²) in [6, 6.07) is 4.56. The lowest BCUT2D eigenvalue weighted by Gasteiger charge is -2.18. The zero-order chi connectivity index (χ0) is 14.8. The van der Waals surface area contributed by atoms with Crippen LogP contribution in [0.2, 0.25) is 0 Å². The lowest BCUT2D eigenvalue weighted by molar-refractivity contribution is 0.351. The van der Waals surface area contributed by atoms with E-state index in [9.17, 15) is 0 Å². The maximum atomic E-state index is 5.83. The van der Waals surface area contributed by atoms with Crippen LogP contribution in [0.5, 0.6) is 5.75 Å². The summed E-state index contributed by atoms with van der Waals surface area (Å²) < 4.78 is 11.0. The van der Waals surface area contributed by atoms with Crippen LogP contribution in [0.1, 0.15) is 34.7 Å². The Kier molecular flexibility index (Phi) is 4.57. The van der Waals surface area contributed by atoms with Crippen LogP contribution in [0.3, 0.4) is 0 Å². The zero-order valence-corrected chi connectivity index (χ0v) is 14.6. The molecule has 2 heterocycles. The molecule has 0 radical (unpaired) electrons. The topological polar surface area (TPSA) is 47.0 Å². The Morgan fingerprint density at radius 3 is 3.05 bits per heavy atom. The molecule has 0 saturated heterocycles. The van der Waals surface area contributed by atoms with Crippen molar-refractivity contribution in [3.8, 4) is 5.75 Å². The molecular weight excluding hydrogens is 350 g/mol. The predicted octanol–water partition coefficient (Wildman–Crippen LogP) is 3.44. The van der Waals surface area contributed by atoms with Crippen molar-refractivity contribution in [1.82, 2.24) is 14.9 Å². The zero-order valence-electron chi connectivity index (χ0n) is 12.1. The number of nitrogens with zero attached hydrogens (tertiary/aromatic N) is 2. The van der Waals surface area contributed by atoms with Gasteiger partial charge in [-0.1, -0.05) is 27.3 Å². The first-order valence-electron chi connectivity index (χ1n) is 7.15. The van der Waals surface area contributed by atoms with Crippen molar-refractivity contribution in [2.24, 2.45) is 0 Å². The average molecular weight is 368 g/mol. The standard InChI is InChI=1S/C15H18BrN3OS/c1-3-17-13(15-9(2)18-19-21-15)8-11-7-12(16)6-10-4-5-20-14(10)11/h6-7,13,17H,3-5,8H2,1-2H3. The highest BCUT2D eigenvalue weighted by atomic mass is 79.9. The SMILES string of the molecule is CCNC(Cc1cc(Br)cc2c1OCC2)c1snnc1C. The second-order valence-electron chi connectivity index (χ2n) is 5.19. The summed E-state index contributed by atoms with van der Waals surface area (Å²) in [6.07, 6.45) is 1.88. The monoisotopic (exact) mass is 367 g/mol. The summed E-state index contributed by atoms with van der Waals surface area (Å²) in [6.45, 7) is 5.84. The van der Waals surface area contributed by atoms with E-state index in [4.69, 9.17) is 4.74 Å². The Bertz CT molecular complexity index is 644. The molecule has 1 aromatic carbocycles. The minimum Gasteiger partial charge on any atom is -0.493 e. The van der Waals surface area contributed by atoms with Crippen molar-refractivity contribution in [3.05, 3.63) is 38.3 Å². The largest absolute Gasteiger partial charge is 0.493 e. The third kappa shape index (κ3) is 3.12. The highest BCUT2D eigenvalue weighted by molar-refractivity contribution is 9.10. The molecule has 6 heteroatoms. The Balaban J connectivity index is 1.92. The van der Waals surface area contributed by atoms with Crippen LogP contribution in [0, 0.1) is 6.92 Å². The second kappa shape index (κ2) is 6.42. The minimum atomic E-state index is 0.234. The van der Waals surface area contributed by atoms with Gasteiger partial charge in [-0.15, -0.1) is 5.10 Å². The number of fused-ring (bicyclic) bond motifs is 1. The Morgan fingerprint density at radius 1 is 1.48 bits per heavy atom. The van der Waals surface area contributed by atoms with Crippen molar-refractivity contribution in [2.75, 3.05) is 13.2 Å². The van der Waals surface area contributed by atoms with E-state index in [0.29, 0.717) is 0 Å². The molecule has 21 heavy (non-hydrogen) atoms. The number of likely N-dealkylation sites (N-methyl/N-ethyl adjacent to an activating group) is 1.